The van der Waals surface area contributed by atoms with Crippen LogP contribution in [0, 0.1) is 0 Å². The van der Waals surface area contributed by atoms with Gasteiger partial charge in [-0.3, -0.25) is 0 Å². The molecule has 0 atom stereocenters. The van der Waals surface area contributed by atoms with E-state index in [1.54, 1.807) is 6.92 Å². The van der Waals surface area contributed by atoms with Crippen molar-refractivity contribution in [1.29, 1.82) is 0 Å². The van der Waals surface area contributed by atoms with Crippen LogP contribution < -0.4 is 0 Å². The van der Waals surface area contributed by atoms with Crippen molar-refractivity contribution in [2.24, 2.45) is 0 Å². The first kappa shape index (κ1) is 10.6. The van der Waals surface area contributed by atoms with Gasteiger partial charge in [-0.25, -0.2) is 4.79 Å². The number of alkyl halides is 3. The van der Waals surface area contributed by atoms with Crippen LogP contribution in [0.3, 0.4) is 0 Å². The van der Waals surface area contributed by atoms with Crippen LogP contribution >= 0.6 is 0 Å². The van der Waals surface area contributed by atoms with Crippen molar-refractivity contribution in [3.63, 3.8) is 0 Å². The molecular formula is C7H7F3N2O2. The molecule has 7 heteroatoms. The van der Waals surface area contributed by atoms with Crippen molar-refractivity contribution in [2.45, 2.75) is 13.1 Å². The number of hydrogen-bond donors (Lipinski definition) is 0. The van der Waals surface area contributed by atoms with Crippen molar-refractivity contribution in [3.05, 3.63) is 18.0 Å². The number of carbonyl (C=O) groups excluding carboxylic acids is 1. The zero-order chi connectivity index (χ0) is 10.8. The van der Waals surface area contributed by atoms with E-state index in [1.165, 1.54) is 0 Å². The van der Waals surface area contributed by atoms with Gasteiger partial charge in [0.2, 0.25) is 0 Å². The Bertz CT molecular complexity index is 332. The monoisotopic (exact) mass is 208 g/mol. The molecule has 0 amide bonds. The summed E-state index contributed by atoms with van der Waals surface area (Å²) < 4.78 is 41.0. The van der Waals surface area contributed by atoms with Crippen LogP contribution in [0.15, 0.2) is 12.3 Å². The molecule has 4 nitrogen and oxygen atoms in total. The third kappa shape index (κ3) is 2.24. The van der Waals surface area contributed by atoms with E-state index in [0.29, 0.717) is 10.7 Å². The second-order valence-electron chi connectivity index (χ2n) is 2.34. The van der Waals surface area contributed by atoms with E-state index in [0.717, 1.165) is 6.20 Å². The minimum atomic E-state index is -4.54. The average molecular weight is 208 g/mol. The van der Waals surface area contributed by atoms with E-state index >= 15 is 0 Å². The number of aromatic nitrogens is 2. The molecule has 0 aliphatic carbocycles. The van der Waals surface area contributed by atoms with Gasteiger partial charge in [0.15, 0.2) is 5.69 Å². The molecule has 78 valence electrons. The third-order valence-corrected chi connectivity index (χ3v) is 1.33. The van der Waals surface area contributed by atoms with Crippen LogP contribution in [-0.2, 0) is 10.9 Å². The van der Waals surface area contributed by atoms with Crippen LogP contribution in [0.25, 0.3) is 0 Å². The fourth-order valence-corrected chi connectivity index (χ4v) is 0.766. The highest BCUT2D eigenvalue weighted by molar-refractivity contribution is 5.69. The van der Waals surface area contributed by atoms with Crippen molar-refractivity contribution in [1.82, 2.24) is 9.78 Å². The smallest absolute Gasteiger partial charge is 0.435 e. The molecule has 0 aliphatic rings. The fourth-order valence-electron chi connectivity index (χ4n) is 0.766. The quantitative estimate of drug-likeness (QED) is 0.708. The van der Waals surface area contributed by atoms with Gasteiger partial charge in [0.25, 0.3) is 0 Å². The van der Waals surface area contributed by atoms with Gasteiger partial charge in [0.1, 0.15) is 0 Å². The summed E-state index contributed by atoms with van der Waals surface area (Å²) in [5, 5.41) is 3.02. The number of nitrogens with zero attached hydrogens (tertiary/aromatic N) is 2. The van der Waals surface area contributed by atoms with E-state index in [1.807, 2.05) is 0 Å². The Labute approximate surface area is 77.3 Å². The Morgan fingerprint density at radius 2 is 2.29 bits per heavy atom. The summed E-state index contributed by atoms with van der Waals surface area (Å²) in [7, 11) is 0. The van der Waals surface area contributed by atoms with Gasteiger partial charge in [-0.1, -0.05) is 0 Å². The molecule has 0 radical (unpaired) electrons. The normalized spacial score (nSPS) is 11.4. The Morgan fingerprint density at radius 1 is 1.64 bits per heavy atom. The van der Waals surface area contributed by atoms with E-state index in [2.05, 4.69) is 9.84 Å². The van der Waals surface area contributed by atoms with Crippen molar-refractivity contribution in [2.75, 3.05) is 6.61 Å². The second-order valence-corrected chi connectivity index (χ2v) is 2.34. The zero-order valence-corrected chi connectivity index (χ0v) is 7.21. The molecular weight excluding hydrogens is 201 g/mol. The number of carbonyl (C=O) groups is 1. The molecule has 0 fully saturated rings. The SMILES string of the molecule is CCOC(=O)n1ccc(C(F)(F)F)n1. The lowest BCUT2D eigenvalue weighted by molar-refractivity contribution is -0.141. The molecule has 1 heterocycles. The summed E-state index contributed by atoms with van der Waals surface area (Å²) in [6.07, 6.45) is -4.57. The lowest BCUT2D eigenvalue weighted by Crippen LogP contribution is -2.15. The van der Waals surface area contributed by atoms with Crippen LogP contribution in [0.4, 0.5) is 18.0 Å². The summed E-state index contributed by atoms with van der Waals surface area (Å²) in [6, 6.07) is 0.705. The minimum absolute atomic E-state index is 0.0834. The highest BCUT2D eigenvalue weighted by Gasteiger charge is 2.34. The third-order valence-electron chi connectivity index (χ3n) is 1.33. The molecule has 0 saturated heterocycles. The van der Waals surface area contributed by atoms with E-state index in [-0.39, 0.29) is 6.61 Å². The molecule has 0 N–H and O–H groups in total. The number of hydrogen-bond acceptors (Lipinski definition) is 3. The molecule has 14 heavy (non-hydrogen) atoms. The highest BCUT2D eigenvalue weighted by atomic mass is 19.4. The van der Waals surface area contributed by atoms with Crippen LogP contribution in [0.2, 0.25) is 0 Å². The Hall–Kier alpha value is -1.53. The number of ether oxygens (including phenoxy) is 1. The topological polar surface area (TPSA) is 44.1 Å². The maximum atomic E-state index is 12.0. The van der Waals surface area contributed by atoms with E-state index in [4.69, 9.17) is 0 Å². The summed E-state index contributed by atoms with van der Waals surface area (Å²) >= 11 is 0. The van der Waals surface area contributed by atoms with Crippen molar-refractivity contribution >= 4 is 6.09 Å². The van der Waals surface area contributed by atoms with Crippen molar-refractivity contribution in [3.8, 4) is 0 Å². The van der Waals surface area contributed by atoms with Gasteiger partial charge in [-0.2, -0.15) is 23.0 Å². The number of rotatable bonds is 1. The van der Waals surface area contributed by atoms with Gasteiger partial charge in [-0.05, 0) is 13.0 Å². The Morgan fingerprint density at radius 3 is 2.71 bits per heavy atom. The lowest BCUT2D eigenvalue weighted by atomic mass is 10.4. The standard InChI is InChI=1S/C7H7F3N2O2/c1-2-14-6(13)12-4-3-5(11-12)7(8,9)10/h3-4H,2H2,1H3. The maximum Gasteiger partial charge on any atom is 0.435 e. The molecule has 1 aromatic heterocycles. The van der Waals surface area contributed by atoms with Gasteiger partial charge in [-0.15, -0.1) is 0 Å². The molecule has 0 spiro atoms. The van der Waals surface area contributed by atoms with Gasteiger partial charge < -0.3 is 4.74 Å². The molecule has 0 bridgehead atoms. The highest BCUT2D eigenvalue weighted by Crippen LogP contribution is 2.27. The van der Waals surface area contributed by atoms with Crippen LogP contribution in [-0.4, -0.2) is 22.5 Å². The lowest BCUT2D eigenvalue weighted by Gasteiger charge is -2.01. The van der Waals surface area contributed by atoms with Crippen LogP contribution in [0.5, 0.6) is 0 Å². The maximum absolute atomic E-state index is 12.0. The molecule has 0 saturated carbocycles. The predicted molar refractivity (Wildman–Crippen MR) is 39.6 cm³/mol. The average Bonchev–Trinajstić information content (AvgIpc) is 2.51. The summed E-state index contributed by atoms with van der Waals surface area (Å²) in [5.41, 5.74) is -1.12. The summed E-state index contributed by atoms with van der Waals surface area (Å²) in [5.74, 6) is 0. The Kier molecular flexibility index (Phi) is 2.78. The number of halogens is 3. The van der Waals surface area contributed by atoms with Gasteiger partial charge in [0.05, 0.1) is 6.61 Å². The molecule has 1 rings (SSSR count). The molecule has 0 aliphatic heterocycles. The summed E-state index contributed by atoms with van der Waals surface area (Å²) in [6.45, 7) is 1.63. The first-order valence-electron chi connectivity index (χ1n) is 3.75. The van der Waals surface area contributed by atoms with E-state index in [9.17, 15) is 18.0 Å². The largest absolute Gasteiger partial charge is 0.448 e. The van der Waals surface area contributed by atoms with Gasteiger partial charge in [0, 0.05) is 6.20 Å². The van der Waals surface area contributed by atoms with Crippen molar-refractivity contribution < 1.29 is 22.7 Å². The molecule has 1 aromatic rings. The minimum Gasteiger partial charge on any atom is -0.448 e. The second kappa shape index (κ2) is 3.69. The molecule has 0 aromatic carbocycles. The van der Waals surface area contributed by atoms with E-state index < -0.39 is 18.0 Å². The fraction of sp³-hybridized carbons (Fsp3) is 0.429. The summed E-state index contributed by atoms with van der Waals surface area (Å²) in [4.78, 5) is 10.9. The van der Waals surface area contributed by atoms with Gasteiger partial charge >= 0.3 is 12.3 Å². The zero-order valence-electron chi connectivity index (χ0n) is 7.21. The Balaban J connectivity index is 2.83. The predicted octanol–water partition coefficient (Wildman–Crippen LogP) is 1.91. The first-order valence-corrected chi connectivity index (χ1v) is 3.75. The molecule has 0 unspecified atom stereocenters. The van der Waals surface area contributed by atoms with Crippen LogP contribution in [0.1, 0.15) is 12.6 Å². The first-order chi connectivity index (χ1) is 6.45.